The summed E-state index contributed by atoms with van der Waals surface area (Å²) in [5.41, 5.74) is 2.04. The number of benzene rings is 2. The molecule has 0 aliphatic carbocycles. The molecular weight excluding hydrogens is 412 g/mol. The molecule has 29 heavy (non-hydrogen) atoms. The Morgan fingerprint density at radius 1 is 1.00 bits per heavy atom. The van der Waals surface area contributed by atoms with Crippen molar-refractivity contribution in [2.45, 2.75) is 16.2 Å². The van der Waals surface area contributed by atoms with E-state index < -0.39 is 0 Å². The van der Waals surface area contributed by atoms with E-state index in [1.165, 1.54) is 0 Å². The van der Waals surface area contributed by atoms with Crippen molar-refractivity contribution in [2.75, 3.05) is 59.9 Å². The molecule has 0 unspecified atom stereocenters. The second-order valence-electron chi connectivity index (χ2n) is 6.86. The predicted octanol–water partition coefficient (Wildman–Crippen LogP) is 4.86. The van der Waals surface area contributed by atoms with Gasteiger partial charge in [-0.1, -0.05) is 23.4 Å². The highest BCUT2D eigenvalue weighted by atomic mass is 35.5. The maximum Gasteiger partial charge on any atom is 0.188 e. The Labute approximate surface area is 181 Å². The number of nitrogens with zero attached hydrogens (tertiary/aromatic N) is 2. The smallest absolute Gasteiger partial charge is 0.188 e. The molecule has 1 aliphatic rings. The number of fused-ring (bicyclic) bond motifs is 2. The lowest BCUT2D eigenvalue weighted by atomic mass is 10.2. The molecule has 0 atom stereocenters. The van der Waals surface area contributed by atoms with Crippen molar-refractivity contribution in [3.8, 4) is 11.5 Å². The standard InChI is InChI=1S/C21H27ClN2O4S/c1-23(2)10-5-11-24-16-12-15(22)6-9-19(16)29-21-18(28-14-26-4)8-7-17(20(21)24)27-13-25-3/h6-9,12H,5,10-11,13-14H2,1-4H3. The Hall–Kier alpha value is -1.64. The van der Waals surface area contributed by atoms with E-state index in [2.05, 4.69) is 23.9 Å². The van der Waals surface area contributed by atoms with E-state index in [1.807, 2.05) is 30.3 Å². The lowest BCUT2D eigenvalue weighted by Gasteiger charge is -2.35. The first-order chi connectivity index (χ1) is 14.0. The van der Waals surface area contributed by atoms with Gasteiger partial charge in [-0.05, 0) is 57.4 Å². The fraction of sp³-hybridized carbons (Fsp3) is 0.429. The fourth-order valence-corrected chi connectivity index (χ4v) is 4.49. The molecule has 0 saturated carbocycles. The Bertz CT molecular complexity index is 835. The molecule has 2 aromatic carbocycles. The average Bonchev–Trinajstić information content (AvgIpc) is 2.70. The maximum atomic E-state index is 6.34. The summed E-state index contributed by atoms with van der Waals surface area (Å²) in [6.45, 7) is 2.14. The number of rotatable bonds is 10. The molecule has 3 rings (SSSR count). The Morgan fingerprint density at radius 3 is 2.38 bits per heavy atom. The van der Waals surface area contributed by atoms with Crippen LogP contribution in [0.1, 0.15) is 6.42 Å². The predicted molar refractivity (Wildman–Crippen MR) is 117 cm³/mol. The van der Waals surface area contributed by atoms with Gasteiger partial charge in [0.2, 0.25) is 0 Å². The van der Waals surface area contributed by atoms with Crippen LogP contribution in [0.2, 0.25) is 5.02 Å². The molecule has 0 bridgehead atoms. The molecule has 8 heteroatoms. The quantitative estimate of drug-likeness (QED) is 0.491. The van der Waals surface area contributed by atoms with Crippen LogP contribution in [0.15, 0.2) is 40.1 Å². The van der Waals surface area contributed by atoms with Gasteiger partial charge in [0, 0.05) is 30.7 Å². The van der Waals surface area contributed by atoms with Crippen molar-refractivity contribution in [2.24, 2.45) is 0 Å². The van der Waals surface area contributed by atoms with Crippen molar-refractivity contribution >= 4 is 34.7 Å². The number of anilines is 2. The van der Waals surface area contributed by atoms with E-state index in [0.717, 1.165) is 52.2 Å². The number of halogens is 1. The van der Waals surface area contributed by atoms with Gasteiger partial charge in [-0.25, -0.2) is 0 Å². The number of methoxy groups -OCH3 is 2. The van der Waals surface area contributed by atoms with Gasteiger partial charge in [-0.2, -0.15) is 0 Å². The van der Waals surface area contributed by atoms with E-state index in [9.17, 15) is 0 Å². The minimum Gasteiger partial charge on any atom is -0.466 e. The van der Waals surface area contributed by atoms with E-state index in [1.54, 1.807) is 26.0 Å². The zero-order valence-electron chi connectivity index (χ0n) is 17.2. The van der Waals surface area contributed by atoms with Crippen LogP contribution in [0.5, 0.6) is 11.5 Å². The van der Waals surface area contributed by atoms with Crippen molar-refractivity contribution in [1.29, 1.82) is 0 Å². The molecule has 0 aromatic heterocycles. The average molecular weight is 439 g/mol. The van der Waals surface area contributed by atoms with E-state index in [4.69, 9.17) is 30.5 Å². The SMILES string of the molecule is COCOc1ccc(OCOC)c2c1Sc1ccc(Cl)cc1N2CCCN(C)C. The van der Waals surface area contributed by atoms with Gasteiger partial charge in [-0.15, -0.1) is 0 Å². The summed E-state index contributed by atoms with van der Waals surface area (Å²) in [5, 5.41) is 0.705. The number of hydrogen-bond acceptors (Lipinski definition) is 7. The second kappa shape index (κ2) is 10.4. The minimum atomic E-state index is 0.170. The first kappa shape index (κ1) is 22.1. The fourth-order valence-electron chi connectivity index (χ4n) is 3.16. The summed E-state index contributed by atoms with van der Waals surface area (Å²) in [6, 6.07) is 9.79. The molecular formula is C21H27ClN2O4S. The third-order valence-electron chi connectivity index (χ3n) is 4.40. The first-order valence-electron chi connectivity index (χ1n) is 9.35. The van der Waals surface area contributed by atoms with Gasteiger partial charge in [0.25, 0.3) is 0 Å². The molecule has 6 nitrogen and oxygen atoms in total. The Morgan fingerprint density at radius 2 is 1.69 bits per heavy atom. The highest BCUT2D eigenvalue weighted by molar-refractivity contribution is 7.99. The van der Waals surface area contributed by atoms with Crippen molar-refractivity contribution in [3.63, 3.8) is 0 Å². The molecule has 0 N–H and O–H groups in total. The van der Waals surface area contributed by atoms with E-state index >= 15 is 0 Å². The van der Waals surface area contributed by atoms with Gasteiger partial charge in [0.05, 0.1) is 10.6 Å². The van der Waals surface area contributed by atoms with Crippen molar-refractivity contribution < 1.29 is 18.9 Å². The molecule has 0 radical (unpaired) electrons. The van der Waals surface area contributed by atoms with E-state index in [0.29, 0.717) is 5.02 Å². The van der Waals surface area contributed by atoms with Crippen LogP contribution in [-0.4, -0.2) is 59.9 Å². The summed E-state index contributed by atoms with van der Waals surface area (Å²) in [6.07, 6.45) is 0.982. The van der Waals surface area contributed by atoms with Crippen LogP contribution in [0.4, 0.5) is 11.4 Å². The summed E-state index contributed by atoms with van der Waals surface area (Å²) in [4.78, 5) is 6.56. The van der Waals surface area contributed by atoms with Gasteiger partial charge in [-0.3, -0.25) is 0 Å². The van der Waals surface area contributed by atoms with Crippen LogP contribution < -0.4 is 14.4 Å². The summed E-state index contributed by atoms with van der Waals surface area (Å²) >= 11 is 7.99. The van der Waals surface area contributed by atoms with Crippen LogP contribution in [0.25, 0.3) is 0 Å². The second-order valence-corrected chi connectivity index (χ2v) is 8.35. The van der Waals surface area contributed by atoms with Gasteiger partial charge >= 0.3 is 0 Å². The van der Waals surface area contributed by atoms with Crippen molar-refractivity contribution in [1.82, 2.24) is 4.90 Å². The molecule has 158 valence electrons. The lowest BCUT2D eigenvalue weighted by molar-refractivity contribution is 0.0469. The third kappa shape index (κ3) is 5.29. The Balaban J connectivity index is 2.07. The summed E-state index contributed by atoms with van der Waals surface area (Å²) < 4.78 is 22.0. The van der Waals surface area contributed by atoms with Crippen LogP contribution in [0, 0.1) is 0 Å². The summed E-state index contributed by atoms with van der Waals surface area (Å²) in [5.74, 6) is 1.50. The normalized spacial score (nSPS) is 12.7. The highest BCUT2D eigenvalue weighted by Gasteiger charge is 2.30. The van der Waals surface area contributed by atoms with Crippen molar-refractivity contribution in [3.05, 3.63) is 35.4 Å². The molecule has 2 aromatic rings. The minimum absolute atomic E-state index is 0.170. The number of hydrogen-bond donors (Lipinski definition) is 0. The topological polar surface area (TPSA) is 43.4 Å². The van der Waals surface area contributed by atoms with Crippen LogP contribution >= 0.6 is 23.4 Å². The highest BCUT2D eigenvalue weighted by Crippen LogP contribution is 2.55. The molecule has 0 spiro atoms. The summed E-state index contributed by atoms with van der Waals surface area (Å²) in [7, 11) is 7.38. The molecule has 0 amide bonds. The third-order valence-corrected chi connectivity index (χ3v) is 5.80. The van der Waals surface area contributed by atoms with Crippen LogP contribution in [-0.2, 0) is 9.47 Å². The lowest BCUT2D eigenvalue weighted by Crippen LogP contribution is -2.26. The zero-order chi connectivity index (χ0) is 20.8. The van der Waals surface area contributed by atoms with Gasteiger partial charge in [0.15, 0.2) is 13.6 Å². The first-order valence-corrected chi connectivity index (χ1v) is 10.5. The zero-order valence-corrected chi connectivity index (χ0v) is 18.8. The monoisotopic (exact) mass is 438 g/mol. The van der Waals surface area contributed by atoms with Crippen LogP contribution in [0.3, 0.4) is 0 Å². The molecule has 0 saturated heterocycles. The van der Waals surface area contributed by atoms with Gasteiger partial charge in [0.1, 0.15) is 17.2 Å². The molecule has 0 fully saturated rings. The Kier molecular flexibility index (Phi) is 7.91. The van der Waals surface area contributed by atoms with Gasteiger partial charge < -0.3 is 28.7 Å². The molecule has 1 heterocycles. The number of ether oxygens (including phenoxy) is 4. The largest absolute Gasteiger partial charge is 0.466 e. The van der Waals surface area contributed by atoms with E-state index in [-0.39, 0.29) is 13.6 Å². The molecule has 1 aliphatic heterocycles. The maximum absolute atomic E-state index is 6.34.